The van der Waals surface area contributed by atoms with Gasteiger partial charge < -0.3 is 9.15 Å². The number of fused-ring (bicyclic) bond motifs is 3. The summed E-state index contributed by atoms with van der Waals surface area (Å²) in [6.07, 6.45) is 0.140. The van der Waals surface area contributed by atoms with Gasteiger partial charge in [0.2, 0.25) is 5.75 Å². The SMILES string of the molecule is O=C1Cc2c(c(=O)oc3ccccc23)O1. The summed E-state index contributed by atoms with van der Waals surface area (Å²) in [7, 11) is 0. The Morgan fingerprint density at radius 3 is 2.80 bits per heavy atom. The van der Waals surface area contributed by atoms with Crippen LogP contribution in [0, 0.1) is 0 Å². The Balaban J connectivity index is 2.48. The van der Waals surface area contributed by atoms with Gasteiger partial charge in [0.05, 0.1) is 6.42 Å². The molecule has 0 N–H and O–H groups in total. The van der Waals surface area contributed by atoms with E-state index in [1.165, 1.54) is 0 Å². The highest BCUT2D eigenvalue weighted by atomic mass is 16.6. The lowest BCUT2D eigenvalue weighted by atomic mass is 10.1. The maximum atomic E-state index is 11.4. The summed E-state index contributed by atoms with van der Waals surface area (Å²) in [5, 5.41) is 0.762. The molecule has 1 aromatic carbocycles. The first kappa shape index (κ1) is 8.23. The molecule has 1 aromatic heterocycles. The van der Waals surface area contributed by atoms with Crippen molar-refractivity contribution in [1.82, 2.24) is 0 Å². The number of carbonyl (C=O) groups is 1. The van der Waals surface area contributed by atoms with Crippen molar-refractivity contribution < 1.29 is 13.9 Å². The van der Waals surface area contributed by atoms with Gasteiger partial charge in [-0.15, -0.1) is 0 Å². The monoisotopic (exact) mass is 202 g/mol. The summed E-state index contributed by atoms with van der Waals surface area (Å²) in [6, 6.07) is 7.10. The molecule has 74 valence electrons. The minimum Gasteiger partial charge on any atom is -0.420 e. The highest BCUT2D eigenvalue weighted by Gasteiger charge is 2.27. The minimum absolute atomic E-state index is 0.0405. The number of hydrogen-bond donors (Lipinski definition) is 0. The van der Waals surface area contributed by atoms with Crippen molar-refractivity contribution in [1.29, 1.82) is 0 Å². The Kier molecular flexibility index (Phi) is 1.48. The van der Waals surface area contributed by atoms with Crippen LogP contribution < -0.4 is 10.4 Å². The van der Waals surface area contributed by atoms with Crippen molar-refractivity contribution in [2.45, 2.75) is 6.42 Å². The lowest BCUT2D eigenvalue weighted by Crippen LogP contribution is -2.06. The van der Waals surface area contributed by atoms with E-state index in [-0.39, 0.29) is 12.2 Å². The molecule has 0 saturated heterocycles. The Morgan fingerprint density at radius 2 is 1.93 bits per heavy atom. The van der Waals surface area contributed by atoms with Crippen LogP contribution in [-0.2, 0) is 11.2 Å². The molecular weight excluding hydrogens is 196 g/mol. The number of para-hydroxylation sites is 1. The van der Waals surface area contributed by atoms with Gasteiger partial charge in [-0.3, -0.25) is 4.79 Å². The molecule has 1 aliphatic heterocycles. The van der Waals surface area contributed by atoms with Crippen molar-refractivity contribution in [2.75, 3.05) is 0 Å². The van der Waals surface area contributed by atoms with E-state index in [9.17, 15) is 9.59 Å². The Morgan fingerprint density at radius 1 is 1.13 bits per heavy atom. The first-order chi connectivity index (χ1) is 7.25. The number of carbonyl (C=O) groups excluding carboxylic acids is 1. The van der Waals surface area contributed by atoms with Crippen LogP contribution in [0.3, 0.4) is 0 Å². The van der Waals surface area contributed by atoms with Gasteiger partial charge in [-0.05, 0) is 6.07 Å². The van der Waals surface area contributed by atoms with E-state index >= 15 is 0 Å². The molecule has 0 bridgehead atoms. The van der Waals surface area contributed by atoms with Gasteiger partial charge in [0.1, 0.15) is 5.58 Å². The van der Waals surface area contributed by atoms with Crippen molar-refractivity contribution in [3.63, 3.8) is 0 Å². The molecule has 1 aliphatic rings. The van der Waals surface area contributed by atoms with Gasteiger partial charge in [-0.1, -0.05) is 18.2 Å². The minimum atomic E-state index is -0.588. The van der Waals surface area contributed by atoms with E-state index in [2.05, 4.69) is 0 Å². The third-order valence-electron chi connectivity index (χ3n) is 2.41. The Hall–Kier alpha value is -2.10. The molecule has 0 saturated carbocycles. The third kappa shape index (κ3) is 1.08. The van der Waals surface area contributed by atoms with E-state index in [1.807, 2.05) is 6.07 Å². The zero-order valence-electron chi connectivity index (χ0n) is 7.65. The average Bonchev–Trinajstić information content (AvgIpc) is 2.61. The molecule has 2 heterocycles. The Labute approximate surface area is 84.1 Å². The van der Waals surface area contributed by atoms with Gasteiger partial charge in [-0.2, -0.15) is 0 Å². The fourth-order valence-corrected chi connectivity index (χ4v) is 1.77. The van der Waals surface area contributed by atoms with Crippen LogP contribution in [0.4, 0.5) is 0 Å². The molecule has 15 heavy (non-hydrogen) atoms. The first-order valence-electron chi connectivity index (χ1n) is 4.51. The second-order valence-corrected chi connectivity index (χ2v) is 3.34. The van der Waals surface area contributed by atoms with Gasteiger partial charge in [0.15, 0.2) is 0 Å². The van der Waals surface area contributed by atoms with Crippen LogP contribution in [0.15, 0.2) is 33.5 Å². The summed E-state index contributed by atoms with van der Waals surface area (Å²) in [5.41, 5.74) is 0.529. The van der Waals surface area contributed by atoms with E-state index in [4.69, 9.17) is 9.15 Å². The van der Waals surface area contributed by atoms with Gasteiger partial charge in [-0.25, -0.2) is 4.79 Å². The van der Waals surface area contributed by atoms with Crippen LogP contribution in [0.25, 0.3) is 11.0 Å². The largest absolute Gasteiger partial charge is 0.420 e. The highest BCUT2D eigenvalue weighted by Crippen LogP contribution is 2.29. The number of esters is 1. The highest BCUT2D eigenvalue weighted by molar-refractivity contribution is 5.91. The maximum absolute atomic E-state index is 11.4. The smallest absolute Gasteiger partial charge is 0.380 e. The molecule has 4 heteroatoms. The normalized spacial score (nSPS) is 14.0. The van der Waals surface area contributed by atoms with Crippen molar-refractivity contribution >= 4 is 16.9 Å². The van der Waals surface area contributed by atoms with Crippen molar-refractivity contribution in [3.05, 3.63) is 40.2 Å². The predicted octanol–water partition coefficient (Wildman–Crippen LogP) is 1.25. The molecule has 0 amide bonds. The van der Waals surface area contributed by atoms with Crippen LogP contribution >= 0.6 is 0 Å². The summed E-state index contributed by atoms with van der Waals surface area (Å²) in [5.74, 6) is -0.368. The summed E-state index contributed by atoms with van der Waals surface area (Å²) in [6.45, 7) is 0. The topological polar surface area (TPSA) is 56.5 Å². The standard InChI is InChI=1S/C11H6O4/c12-9-5-7-6-3-1-2-4-8(6)14-11(13)10(7)15-9/h1-4H,5H2. The lowest BCUT2D eigenvalue weighted by molar-refractivity contribution is -0.132. The van der Waals surface area contributed by atoms with E-state index in [1.54, 1.807) is 18.2 Å². The van der Waals surface area contributed by atoms with Gasteiger partial charge >= 0.3 is 11.6 Å². The molecule has 4 nitrogen and oxygen atoms in total. The van der Waals surface area contributed by atoms with Crippen LogP contribution in [0.1, 0.15) is 5.56 Å². The molecule has 0 fully saturated rings. The zero-order valence-corrected chi connectivity index (χ0v) is 7.65. The first-order valence-corrected chi connectivity index (χ1v) is 4.51. The second kappa shape index (κ2) is 2.70. The number of rotatable bonds is 0. The number of hydrogen-bond acceptors (Lipinski definition) is 4. The maximum Gasteiger partial charge on any atom is 0.380 e. The summed E-state index contributed by atoms with van der Waals surface area (Å²) < 4.78 is 9.82. The van der Waals surface area contributed by atoms with Gasteiger partial charge in [0, 0.05) is 10.9 Å². The van der Waals surface area contributed by atoms with Crippen molar-refractivity contribution in [3.8, 4) is 5.75 Å². The van der Waals surface area contributed by atoms with E-state index in [0.717, 1.165) is 5.39 Å². The predicted molar refractivity (Wildman–Crippen MR) is 51.8 cm³/mol. The quantitative estimate of drug-likeness (QED) is 0.476. The van der Waals surface area contributed by atoms with Gasteiger partial charge in [0.25, 0.3) is 0 Å². The molecule has 0 radical (unpaired) electrons. The summed E-state index contributed by atoms with van der Waals surface area (Å²) in [4.78, 5) is 22.5. The lowest BCUT2D eigenvalue weighted by Gasteiger charge is -1.99. The van der Waals surface area contributed by atoms with Crippen molar-refractivity contribution in [2.24, 2.45) is 0 Å². The summed E-state index contributed by atoms with van der Waals surface area (Å²) >= 11 is 0. The molecule has 0 unspecified atom stereocenters. The molecular formula is C11H6O4. The number of ether oxygens (including phenoxy) is 1. The second-order valence-electron chi connectivity index (χ2n) is 3.34. The molecule has 0 atom stereocenters. The third-order valence-corrected chi connectivity index (χ3v) is 2.41. The molecule has 3 rings (SSSR count). The average molecular weight is 202 g/mol. The fraction of sp³-hybridized carbons (Fsp3) is 0.0909. The molecule has 0 aliphatic carbocycles. The van der Waals surface area contributed by atoms with Crippen LogP contribution in [0.5, 0.6) is 5.75 Å². The van der Waals surface area contributed by atoms with Crippen LogP contribution in [-0.4, -0.2) is 5.97 Å². The van der Waals surface area contributed by atoms with E-state index < -0.39 is 11.6 Å². The molecule has 0 spiro atoms. The zero-order chi connectivity index (χ0) is 10.4. The van der Waals surface area contributed by atoms with E-state index in [0.29, 0.717) is 11.1 Å². The number of benzene rings is 1. The van der Waals surface area contributed by atoms with Crippen LogP contribution in [0.2, 0.25) is 0 Å². The fourth-order valence-electron chi connectivity index (χ4n) is 1.77. The molecule has 2 aromatic rings. The Bertz CT molecular complexity index is 624.